The van der Waals surface area contributed by atoms with Crippen LogP contribution in [0.1, 0.15) is 12.8 Å². The highest BCUT2D eigenvalue weighted by atomic mass is 19.1. The second-order valence-electron chi connectivity index (χ2n) is 6.73. The van der Waals surface area contributed by atoms with E-state index in [9.17, 15) is 9.18 Å². The van der Waals surface area contributed by atoms with Crippen LogP contribution in [0.4, 0.5) is 4.39 Å². The fourth-order valence-electron chi connectivity index (χ4n) is 3.98. The Morgan fingerprint density at radius 2 is 1.77 bits per heavy atom. The van der Waals surface area contributed by atoms with Crippen LogP contribution in [0.5, 0.6) is 5.75 Å². The molecule has 0 N–H and O–H groups in total. The Bertz CT molecular complexity index is 548. The van der Waals surface area contributed by atoms with Crippen molar-refractivity contribution in [2.24, 2.45) is 11.8 Å². The number of hydrogen-bond acceptors (Lipinski definition) is 4. The maximum atomic E-state index is 12.8. The van der Waals surface area contributed by atoms with Gasteiger partial charge in [0, 0.05) is 25.7 Å². The van der Waals surface area contributed by atoms with Gasteiger partial charge in [-0.05, 0) is 56.1 Å². The van der Waals surface area contributed by atoms with Crippen LogP contribution < -0.4 is 4.74 Å². The monoisotopic (exact) mass is 304 g/mol. The first-order valence-electron chi connectivity index (χ1n) is 8.13. The van der Waals surface area contributed by atoms with E-state index in [4.69, 9.17) is 4.74 Å². The van der Waals surface area contributed by atoms with Gasteiger partial charge in [-0.3, -0.25) is 9.69 Å². The van der Waals surface area contributed by atoms with Crippen molar-refractivity contribution in [3.8, 4) is 5.75 Å². The minimum atomic E-state index is -0.322. The average molecular weight is 304 g/mol. The molecule has 4 aliphatic heterocycles. The van der Waals surface area contributed by atoms with E-state index in [1.807, 2.05) is 0 Å². The lowest BCUT2D eigenvalue weighted by Crippen LogP contribution is -2.64. The topological polar surface area (TPSA) is 32.8 Å². The standard InChI is InChI=1S/C17H21FN2O2/c18-14-1-3-15(4-2-14)22-17(21)13-9-20(10-13)16-11-19-7-5-12(16)6-8-19/h1-4,12-13,16H,5-11H2/t16-/m0/s1. The van der Waals surface area contributed by atoms with Gasteiger partial charge in [-0.15, -0.1) is 0 Å². The molecule has 5 heteroatoms. The molecule has 4 nitrogen and oxygen atoms in total. The van der Waals surface area contributed by atoms with Crippen LogP contribution in [0.3, 0.4) is 0 Å². The lowest BCUT2D eigenvalue weighted by atomic mass is 9.81. The first kappa shape index (κ1) is 14.2. The molecule has 118 valence electrons. The Kier molecular flexibility index (Phi) is 3.62. The van der Waals surface area contributed by atoms with Crippen LogP contribution >= 0.6 is 0 Å². The molecule has 0 radical (unpaired) electrons. The van der Waals surface area contributed by atoms with Gasteiger partial charge in [-0.2, -0.15) is 0 Å². The van der Waals surface area contributed by atoms with Crippen LogP contribution in [0.25, 0.3) is 0 Å². The summed E-state index contributed by atoms with van der Waals surface area (Å²) in [6.07, 6.45) is 2.59. The van der Waals surface area contributed by atoms with E-state index < -0.39 is 0 Å². The molecular weight excluding hydrogens is 283 g/mol. The Labute approximate surface area is 129 Å². The number of esters is 1. The maximum absolute atomic E-state index is 12.8. The Morgan fingerprint density at radius 1 is 1.09 bits per heavy atom. The summed E-state index contributed by atoms with van der Waals surface area (Å²) in [5, 5.41) is 0. The molecule has 4 saturated heterocycles. The Balaban J connectivity index is 1.29. The van der Waals surface area contributed by atoms with Crippen LogP contribution in [-0.2, 0) is 4.79 Å². The van der Waals surface area contributed by atoms with Crippen molar-refractivity contribution in [2.45, 2.75) is 18.9 Å². The molecule has 1 aromatic rings. The van der Waals surface area contributed by atoms with Gasteiger partial charge in [0.2, 0.25) is 0 Å². The molecule has 0 aliphatic carbocycles. The van der Waals surface area contributed by atoms with Crippen molar-refractivity contribution >= 4 is 5.97 Å². The number of likely N-dealkylation sites (tertiary alicyclic amines) is 1. The lowest BCUT2D eigenvalue weighted by molar-refractivity contribution is -0.148. The van der Waals surface area contributed by atoms with Gasteiger partial charge >= 0.3 is 5.97 Å². The Morgan fingerprint density at radius 3 is 2.36 bits per heavy atom. The summed E-state index contributed by atoms with van der Waals surface area (Å²) < 4.78 is 18.2. The zero-order valence-electron chi connectivity index (χ0n) is 12.6. The van der Waals surface area contributed by atoms with E-state index in [-0.39, 0.29) is 17.7 Å². The predicted octanol–water partition coefficient (Wildman–Crippen LogP) is 1.76. The summed E-state index contributed by atoms with van der Waals surface area (Å²) >= 11 is 0. The first-order chi connectivity index (χ1) is 10.7. The van der Waals surface area contributed by atoms with Gasteiger partial charge in [0.05, 0.1) is 5.92 Å². The largest absolute Gasteiger partial charge is 0.426 e. The summed E-state index contributed by atoms with van der Waals surface area (Å²) in [6, 6.07) is 6.23. The van der Waals surface area contributed by atoms with Gasteiger partial charge in [-0.25, -0.2) is 4.39 Å². The number of carbonyl (C=O) groups excluding carboxylic acids is 1. The third kappa shape index (κ3) is 2.63. The highest BCUT2D eigenvalue weighted by molar-refractivity contribution is 5.76. The summed E-state index contributed by atoms with van der Waals surface area (Å²) in [5.41, 5.74) is 0. The molecule has 2 bridgehead atoms. The third-order valence-corrected chi connectivity index (χ3v) is 5.37. The van der Waals surface area contributed by atoms with Gasteiger partial charge in [0.1, 0.15) is 11.6 Å². The van der Waals surface area contributed by atoms with Crippen molar-refractivity contribution < 1.29 is 13.9 Å². The van der Waals surface area contributed by atoms with Gasteiger partial charge in [0.15, 0.2) is 0 Å². The van der Waals surface area contributed by atoms with Gasteiger partial charge in [-0.1, -0.05) is 0 Å². The van der Waals surface area contributed by atoms with E-state index in [0.29, 0.717) is 11.8 Å². The molecule has 4 fully saturated rings. The molecule has 1 atom stereocenters. The number of benzene rings is 1. The smallest absolute Gasteiger partial charge is 0.316 e. The number of halogens is 1. The second-order valence-corrected chi connectivity index (χ2v) is 6.73. The molecule has 4 heterocycles. The molecule has 1 aromatic carbocycles. The SMILES string of the molecule is O=C(Oc1ccc(F)cc1)C1CN([C@H]2CN3CCC2CC3)C1. The second kappa shape index (κ2) is 5.63. The number of nitrogens with zero attached hydrogens (tertiary/aromatic N) is 2. The first-order valence-corrected chi connectivity index (χ1v) is 8.13. The van der Waals surface area contributed by atoms with E-state index >= 15 is 0 Å². The number of carbonyl (C=O) groups is 1. The fourth-order valence-corrected chi connectivity index (χ4v) is 3.98. The summed E-state index contributed by atoms with van der Waals surface area (Å²) in [5.74, 6) is 0.674. The molecule has 0 amide bonds. The zero-order chi connectivity index (χ0) is 15.1. The minimum Gasteiger partial charge on any atom is -0.426 e. The van der Waals surface area contributed by atoms with Crippen molar-refractivity contribution in [2.75, 3.05) is 32.7 Å². The van der Waals surface area contributed by atoms with Crippen molar-refractivity contribution in [1.29, 1.82) is 0 Å². The van der Waals surface area contributed by atoms with E-state index in [1.54, 1.807) is 0 Å². The predicted molar refractivity (Wildman–Crippen MR) is 80.1 cm³/mol. The highest BCUT2D eigenvalue weighted by Crippen LogP contribution is 2.34. The molecule has 0 saturated carbocycles. The number of piperidine rings is 3. The summed E-state index contributed by atoms with van der Waals surface area (Å²) in [6.45, 7) is 5.24. The summed E-state index contributed by atoms with van der Waals surface area (Å²) in [7, 11) is 0. The quantitative estimate of drug-likeness (QED) is 0.629. The summed E-state index contributed by atoms with van der Waals surface area (Å²) in [4.78, 5) is 17.1. The molecule has 4 aliphatic rings. The zero-order valence-corrected chi connectivity index (χ0v) is 12.6. The number of ether oxygens (including phenoxy) is 1. The molecule has 0 aromatic heterocycles. The maximum Gasteiger partial charge on any atom is 0.316 e. The number of rotatable bonds is 3. The molecule has 22 heavy (non-hydrogen) atoms. The number of fused-ring (bicyclic) bond motifs is 3. The van der Waals surface area contributed by atoms with E-state index in [0.717, 1.165) is 25.6 Å². The van der Waals surface area contributed by atoms with E-state index in [2.05, 4.69) is 9.80 Å². The van der Waals surface area contributed by atoms with Crippen molar-refractivity contribution in [3.63, 3.8) is 0 Å². The Hall–Kier alpha value is -1.46. The molecule has 0 spiro atoms. The van der Waals surface area contributed by atoms with Crippen molar-refractivity contribution in [3.05, 3.63) is 30.1 Å². The van der Waals surface area contributed by atoms with Gasteiger partial charge < -0.3 is 9.64 Å². The van der Waals surface area contributed by atoms with Crippen LogP contribution in [-0.4, -0.2) is 54.5 Å². The molecule has 5 rings (SSSR count). The minimum absolute atomic E-state index is 0.0412. The lowest BCUT2D eigenvalue weighted by Gasteiger charge is -2.53. The number of hydrogen-bond donors (Lipinski definition) is 0. The fraction of sp³-hybridized carbons (Fsp3) is 0.588. The third-order valence-electron chi connectivity index (χ3n) is 5.37. The van der Waals surface area contributed by atoms with Crippen LogP contribution in [0.15, 0.2) is 24.3 Å². The van der Waals surface area contributed by atoms with Gasteiger partial charge in [0.25, 0.3) is 0 Å². The van der Waals surface area contributed by atoms with Crippen LogP contribution in [0.2, 0.25) is 0 Å². The van der Waals surface area contributed by atoms with E-state index in [1.165, 1.54) is 50.2 Å². The average Bonchev–Trinajstić information content (AvgIpc) is 2.49. The normalized spacial score (nSPS) is 31.8. The van der Waals surface area contributed by atoms with Crippen molar-refractivity contribution in [1.82, 2.24) is 9.80 Å². The molecule has 0 unspecified atom stereocenters. The molecular formula is C17H21FN2O2. The van der Waals surface area contributed by atoms with Crippen LogP contribution in [0, 0.1) is 17.7 Å². The highest BCUT2D eigenvalue weighted by Gasteiger charge is 2.44.